The predicted octanol–water partition coefficient (Wildman–Crippen LogP) is 0.224. The van der Waals surface area contributed by atoms with E-state index in [1.54, 1.807) is 16.5 Å². The number of amides is 2. The van der Waals surface area contributed by atoms with E-state index in [-0.39, 0.29) is 11.8 Å². The number of hydrogen-bond acceptors (Lipinski definition) is 3. The van der Waals surface area contributed by atoms with Crippen LogP contribution >= 0.6 is 0 Å². The molecule has 0 aliphatic carbocycles. The summed E-state index contributed by atoms with van der Waals surface area (Å²) in [4.78, 5) is 25.4. The van der Waals surface area contributed by atoms with Gasteiger partial charge < -0.3 is 10.2 Å². The lowest BCUT2D eigenvalue weighted by molar-refractivity contribution is -0.125. The highest BCUT2D eigenvalue weighted by Gasteiger charge is 2.29. The van der Waals surface area contributed by atoms with Crippen LogP contribution in [0.3, 0.4) is 0 Å². The summed E-state index contributed by atoms with van der Waals surface area (Å²) in [5.41, 5.74) is 1.70. The molecule has 2 rings (SSSR count). The quantitative estimate of drug-likeness (QED) is 0.816. The molecule has 6 nitrogen and oxygen atoms in total. The van der Waals surface area contributed by atoms with E-state index in [4.69, 9.17) is 0 Å². The summed E-state index contributed by atoms with van der Waals surface area (Å²) in [5.74, 6) is -0.163. The molecular formula is C12H18N4O2. The molecule has 1 N–H and O–H groups in total. The van der Waals surface area contributed by atoms with E-state index in [0.29, 0.717) is 13.0 Å². The Kier molecular flexibility index (Phi) is 3.36. The first-order valence-corrected chi connectivity index (χ1v) is 6.16. The lowest BCUT2D eigenvalue weighted by atomic mass is 10.2. The van der Waals surface area contributed by atoms with E-state index < -0.39 is 6.04 Å². The van der Waals surface area contributed by atoms with Gasteiger partial charge in [-0.3, -0.25) is 14.3 Å². The second-order valence-corrected chi connectivity index (χ2v) is 4.52. The van der Waals surface area contributed by atoms with Crippen molar-refractivity contribution in [2.24, 2.45) is 7.05 Å². The molecule has 2 heterocycles. The van der Waals surface area contributed by atoms with Gasteiger partial charge in [0.05, 0.1) is 11.4 Å². The third-order valence-electron chi connectivity index (χ3n) is 3.09. The number of aromatic nitrogens is 2. The van der Waals surface area contributed by atoms with Crippen LogP contribution in [0.5, 0.6) is 0 Å². The Hall–Kier alpha value is -1.85. The van der Waals surface area contributed by atoms with E-state index in [9.17, 15) is 9.59 Å². The fourth-order valence-corrected chi connectivity index (χ4v) is 2.17. The molecule has 0 spiro atoms. The largest absolute Gasteiger partial charge is 0.345 e. The molecule has 6 heteroatoms. The molecule has 1 aromatic heterocycles. The zero-order valence-electron chi connectivity index (χ0n) is 10.9. The highest BCUT2D eigenvalue weighted by molar-refractivity contribution is 6.01. The minimum Gasteiger partial charge on any atom is -0.345 e. The Balaban J connectivity index is 2.35. The van der Waals surface area contributed by atoms with Crippen LogP contribution in [0.4, 0.5) is 5.69 Å². The number of nitrogens with one attached hydrogen (secondary N) is 1. The first kappa shape index (κ1) is 12.6. The van der Waals surface area contributed by atoms with Crippen molar-refractivity contribution in [3.8, 4) is 0 Å². The SMILES string of the molecule is CCc1nn(C)cc1N1CCC(=O)NC(C)C1=O. The van der Waals surface area contributed by atoms with Gasteiger partial charge in [0.2, 0.25) is 11.8 Å². The molecular weight excluding hydrogens is 232 g/mol. The Morgan fingerprint density at radius 1 is 1.50 bits per heavy atom. The third-order valence-corrected chi connectivity index (χ3v) is 3.09. The van der Waals surface area contributed by atoms with Crippen LogP contribution in [0.2, 0.25) is 0 Å². The van der Waals surface area contributed by atoms with Crippen molar-refractivity contribution in [2.45, 2.75) is 32.7 Å². The molecule has 1 unspecified atom stereocenters. The van der Waals surface area contributed by atoms with Gasteiger partial charge in [0.1, 0.15) is 6.04 Å². The van der Waals surface area contributed by atoms with Crippen molar-refractivity contribution in [2.75, 3.05) is 11.4 Å². The van der Waals surface area contributed by atoms with E-state index in [0.717, 1.165) is 17.8 Å². The number of carbonyl (C=O) groups is 2. The van der Waals surface area contributed by atoms with Gasteiger partial charge in [-0.05, 0) is 13.3 Å². The molecule has 1 aliphatic rings. The standard InChI is InChI=1S/C12H18N4O2/c1-4-9-10(7-15(3)14-9)16-6-5-11(17)13-8(2)12(16)18/h7-8H,4-6H2,1-3H3,(H,13,17). The minimum absolute atomic E-state index is 0.0800. The summed E-state index contributed by atoms with van der Waals surface area (Å²) in [5, 5.41) is 7.01. The molecule has 0 radical (unpaired) electrons. The molecule has 1 aliphatic heterocycles. The van der Waals surface area contributed by atoms with Gasteiger partial charge in [0.15, 0.2) is 0 Å². The van der Waals surface area contributed by atoms with Gasteiger partial charge in [-0.15, -0.1) is 0 Å². The molecule has 1 fully saturated rings. The lowest BCUT2D eigenvalue weighted by Gasteiger charge is -2.21. The van der Waals surface area contributed by atoms with Crippen molar-refractivity contribution < 1.29 is 9.59 Å². The molecule has 1 saturated heterocycles. The second kappa shape index (κ2) is 4.80. The Morgan fingerprint density at radius 3 is 2.89 bits per heavy atom. The van der Waals surface area contributed by atoms with Gasteiger partial charge in [-0.1, -0.05) is 6.92 Å². The zero-order chi connectivity index (χ0) is 13.3. The third kappa shape index (κ3) is 2.23. The lowest BCUT2D eigenvalue weighted by Crippen LogP contribution is -2.42. The summed E-state index contributed by atoms with van der Waals surface area (Å²) in [6.07, 6.45) is 2.92. The van der Waals surface area contributed by atoms with E-state index in [2.05, 4.69) is 10.4 Å². The van der Waals surface area contributed by atoms with Crippen molar-refractivity contribution >= 4 is 17.5 Å². The van der Waals surface area contributed by atoms with Crippen molar-refractivity contribution in [1.82, 2.24) is 15.1 Å². The van der Waals surface area contributed by atoms with E-state index >= 15 is 0 Å². The summed E-state index contributed by atoms with van der Waals surface area (Å²) in [6.45, 7) is 4.12. The fraction of sp³-hybridized carbons (Fsp3) is 0.583. The number of rotatable bonds is 2. The predicted molar refractivity (Wildman–Crippen MR) is 67.2 cm³/mol. The van der Waals surface area contributed by atoms with Crippen molar-refractivity contribution in [3.05, 3.63) is 11.9 Å². The first-order chi connectivity index (χ1) is 8.52. The smallest absolute Gasteiger partial charge is 0.249 e. The summed E-state index contributed by atoms with van der Waals surface area (Å²) in [7, 11) is 1.83. The molecule has 0 saturated carbocycles. The summed E-state index contributed by atoms with van der Waals surface area (Å²) < 4.78 is 1.70. The minimum atomic E-state index is -0.482. The van der Waals surface area contributed by atoms with Crippen LogP contribution in [0.1, 0.15) is 26.0 Å². The average Bonchev–Trinajstić information content (AvgIpc) is 2.64. The number of aryl methyl sites for hydroxylation is 2. The van der Waals surface area contributed by atoms with Gasteiger partial charge >= 0.3 is 0 Å². The monoisotopic (exact) mass is 250 g/mol. The number of hydrogen-bond donors (Lipinski definition) is 1. The Labute approximate surface area is 106 Å². The van der Waals surface area contributed by atoms with Crippen molar-refractivity contribution in [1.29, 1.82) is 0 Å². The van der Waals surface area contributed by atoms with Crippen LogP contribution in [-0.4, -0.2) is 34.2 Å². The summed E-state index contributed by atoms with van der Waals surface area (Å²) in [6, 6.07) is -0.482. The molecule has 0 aromatic carbocycles. The Bertz CT molecular complexity index is 480. The highest BCUT2D eigenvalue weighted by atomic mass is 16.2. The maximum absolute atomic E-state index is 12.2. The molecule has 1 aromatic rings. The molecule has 0 bridgehead atoms. The normalized spacial score (nSPS) is 20.8. The topological polar surface area (TPSA) is 67.2 Å². The van der Waals surface area contributed by atoms with Crippen LogP contribution in [0, 0.1) is 0 Å². The van der Waals surface area contributed by atoms with Gasteiger partial charge in [-0.2, -0.15) is 5.10 Å². The molecule has 98 valence electrons. The maximum Gasteiger partial charge on any atom is 0.249 e. The number of carbonyl (C=O) groups excluding carboxylic acids is 2. The van der Waals surface area contributed by atoms with Crippen LogP contribution in [0.25, 0.3) is 0 Å². The Morgan fingerprint density at radius 2 is 2.22 bits per heavy atom. The van der Waals surface area contributed by atoms with Crippen molar-refractivity contribution in [3.63, 3.8) is 0 Å². The van der Waals surface area contributed by atoms with Gasteiger partial charge in [0.25, 0.3) is 0 Å². The van der Waals surface area contributed by atoms with Gasteiger partial charge in [-0.25, -0.2) is 0 Å². The highest BCUT2D eigenvalue weighted by Crippen LogP contribution is 2.22. The molecule has 18 heavy (non-hydrogen) atoms. The van der Waals surface area contributed by atoms with E-state index in [1.165, 1.54) is 0 Å². The van der Waals surface area contributed by atoms with Gasteiger partial charge in [0, 0.05) is 26.2 Å². The number of nitrogens with zero attached hydrogens (tertiary/aromatic N) is 3. The maximum atomic E-state index is 12.2. The van der Waals surface area contributed by atoms with Crippen LogP contribution in [-0.2, 0) is 23.1 Å². The van der Waals surface area contributed by atoms with Crippen LogP contribution in [0.15, 0.2) is 6.20 Å². The number of anilines is 1. The molecule has 1 atom stereocenters. The average molecular weight is 250 g/mol. The van der Waals surface area contributed by atoms with Crippen LogP contribution < -0.4 is 10.2 Å². The first-order valence-electron chi connectivity index (χ1n) is 6.16. The fourth-order valence-electron chi connectivity index (χ4n) is 2.17. The molecule has 2 amide bonds. The zero-order valence-corrected chi connectivity index (χ0v) is 10.9. The second-order valence-electron chi connectivity index (χ2n) is 4.52. The summed E-state index contributed by atoms with van der Waals surface area (Å²) >= 11 is 0. The van der Waals surface area contributed by atoms with E-state index in [1.807, 2.05) is 20.2 Å².